The number of rotatable bonds is 2. The molecule has 2 rings (SSSR count). The zero-order valence-electron chi connectivity index (χ0n) is 8.25. The Bertz CT molecular complexity index is 216. The molecule has 0 bridgehead atoms. The molecule has 0 aliphatic carbocycles. The summed E-state index contributed by atoms with van der Waals surface area (Å²) in [4.78, 5) is 13.4. The molecule has 2 saturated heterocycles. The van der Waals surface area contributed by atoms with Crippen molar-refractivity contribution < 1.29 is 9.53 Å². The molecule has 0 aromatic carbocycles. The Kier molecular flexibility index (Phi) is 3.29. The third-order valence-corrected chi connectivity index (χ3v) is 3.28. The molecule has 2 aliphatic rings. The molecular weight excluding hydrogens is 202 g/mol. The molecule has 2 aliphatic heterocycles. The summed E-state index contributed by atoms with van der Waals surface area (Å²) < 4.78 is 5.28. The molecular formula is C10H16ClNO2. The Balaban J connectivity index is 1.81. The molecule has 0 N–H and O–H groups in total. The van der Waals surface area contributed by atoms with Gasteiger partial charge in [0.25, 0.3) is 0 Å². The standard InChI is InChI=1S/C10H16ClNO2/c11-9-5-10(13)12(7-9)6-8-1-3-14-4-2-8/h8-9H,1-7H2. The van der Waals surface area contributed by atoms with E-state index in [1.165, 1.54) is 0 Å². The highest BCUT2D eigenvalue weighted by Gasteiger charge is 2.29. The van der Waals surface area contributed by atoms with Gasteiger partial charge in [0.1, 0.15) is 0 Å². The van der Waals surface area contributed by atoms with Gasteiger partial charge in [-0.2, -0.15) is 0 Å². The van der Waals surface area contributed by atoms with E-state index in [0.29, 0.717) is 12.3 Å². The lowest BCUT2D eigenvalue weighted by molar-refractivity contribution is -0.128. The average molecular weight is 218 g/mol. The Morgan fingerprint density at radius 3 is 2.71 bits per heavy atom. The van der Waals surface area contributed by atoms with Gasteiger partial charge < -0.3 is 9.64 Å². The Morgan fingerprint density at radius 2 is 2.14 bits per heavy atom. The van der Waals surface area contributed by atoms with Crippen molar-refractivity contribution in [3.63, 3.8) is 0 Å². The average Bonchev–Trinajstić information content (AvgIpc) is 2.47. The van der Waals surface area contributed by atoms with Crippen LogP contribution in [0.2, 0.25) is 0 Å². The van der Waals surface area contributed by atoms with E-state index in [2.05, 4.69) is 0 Å². The summed E-state index contributed by atoms with van der Waals surface area (Å²) in [5.74, 6) is 0.839. The van der Waals surface area contributed by atoms with E-state index in [9.17, 15) is 4.79 Å². The summed E-state index contributed by atoms with van der Waals surface area (Å²) in [5, 5.41) is 0.0299. The second kappa shape index (κ2) is 4.49. The second-order valence-electron chi connectivity index (χ2n) is 4.16. The number of ether oxygens (including phenoxy) is 1. The number of nitrogens with zero attached hydrogens (tertiary/aromatic N) is 1. The largest absolute Gasteiger partial charge is 0.381 e. The van der Waals surface area contributed by atoms with Gasteiger partial charge in [0.05, 0.1) is 5.38 Å². The molecule has 4 heteroatoms. The first-order chi connectivity index (χ1) is 6.75. The SMILES string of the molecule is O=C1CC(Cl)CN1CC1CCOCC1. The lowest BCUT2D eigenvalue weighted by Crippen LogP contribution is -2.33. The minimum absolute atomic E-state index is 0.0299. The van der Waals surface area contributed by atoms with Gasteiger partial charge in [0.15, 0.2) is 0 Å². The molecule has 0 aromatic rings. The molecule has 80 valence electrons. The normalized spacial score (nSPS) is 29.9. The number of hydrogen-bond acceptors (Lipinski definition) is 2. The maximum atomic E-state index is 11.5. The quantitative estimate of drug-likeness (QED) is 0.652. The van der Waals surface area contributed by atoms with Crippen LogP contribution in [-0.2, 0) is 9.53 Å². The number of alkyl halides is 1. The number of carbonyl (C=O) groups is 1. The number of hydrogen-bond donors (Lipinski definition) is 0. The van der Waals surface area contributed by atoms with Gasteiger partial charge in [-0.15, -0.1) is 11.6 Å². The maximum absolute atomic E-state index is 11.5. The van der Waals surface area contributed by atoms with E-state index in [1.54, 1.807) is 0 Å². The number of amides is 1. The summed E-state index contributed by atoms with van der Waals surface area (Å²) >= 11 is 5.93. The Morgan fingerprint density at radius 1 is 1.43 bits per heavy atom. The summed E-state index contributed by atoms with van der Waals surface area (Å²) in [7, 11) is 0. The van der Waals surface area contributed by atoms with Crippen LogP contribution in [-0.4, -0.2) is 42.5 Å². The smallest absolute Gasteiger partial charge is 0.224 e. The van der Waals surface area contributed by atoms with Crippen LogP contribution in [0, 0.1) is 5.92 Å². The van der Waals surface area contributed by atoms with Gasteiger partial charge in [-0.05, 0) is 18.8 Å². The zero-order valence-corrected chi connectivity index (χ0v) is 9.00. The van der Waals surface area contributed by atoms with E-state index < -0.39 is 0 Å². The zero-order chi connectivity index (χ0) is 9.97. The first-order valence-corrected chi connectivity index (χ1v) is 5.69. The van der Waals surface area contributed by atoms with Crippen molar-refractivity contribution in [1.29, 1.82) is 0 Å². The van der Waals surface area contributed by atoms with Crippen molar-refractivity contribution >= 4 is 17.5 Å². The molecule has 1 unspecified atom stereocenters. The molecule has 0 saturated carbocycles. The summed E-state index contributed by atoms with van der Waals surface area (Å²) in [6.07, 6.45) is 2.68. The minimum atomic E-state index is 0.0299. The number of halogens is 1. The van der Waals surface area contributed by atoms with Crippen LogP contribution < -0.4 is 0 Å². The maximum Gasteiger partial charge on any atom is 0.224 e. The summed E-state index contributed by atoms with van der Waals surface area (Å²) in [5.41, 5.74) is 0. The third-order valence-electron chi connectivity index (χ3n) is 2.99. The fraction of sp³-hybridized carbons (Fsp3) is 0.900. The van der Waals surface area contributed by atoms with Crippen LogP contribution >= 0.6 is 11.6 Å². The van der Waals surface area contributed by atoms with Gasteiger partial charge in [-0.25, -0.2) is 0 Å². The monoisotopic (exact) mass is 217 g/mol. The first-order valence-electron chi connectivity index (χ1n) is 5.25. The number of carbonyl (C=O) groups excluding carboxylic acids is 1. The molecule has 0 radical (unpaired) electrons. The van der Waals surface area contributed by atoms with Crippen LogP contribution in [0.25, 0.3) is 0 Å². The second-order valence-corrected chi connectivity index (χ2v) is 4.77. The molecule has 1 atom stereocenters. The van der Waals surface area contributed by atoms with Gasteiger partial charge in [-0.3, -0.25) is 4.79 Å². The first kappa shape index (κ1) is 10.2. The number of likely N-dealkylation sites (tertiary alicyclic amines) is 1. The topological polar surface area (TPSA) is 29.5 Å². The van der Waals surface area contributed by atoms with E-state index in [-0.39, 0.29) is 11.3 Å². The minimum Gasteiger partial charge on any atom is -0.381 e. The Labute approximate surface area is 89.4 Å². The van der Waals surface area contributed by atoms with Crippen LogP contribution in [0.1, 0.15) is 19.3 Å². The van der Waals surface area contributed by atoms with Crippen molar-refractivity contribution in [2.75, 3.05) is 26.3 Å². The van der Waals surface area contributed by atoms with Crippen LogP contribution in [0.3, 0.4) is 0 Å². The highest BCUT2D eigenvalue weighted by Crippen LogP contribution is 2.21. The van der Waals surface area contributed by atoms with Crippen LogP contribution in [0.5, 0.6) is 0 Å². The molecule has 2 heterocycles. The van der Waals surface area contributed by atoms with Crippen molar-refractivity contribution in [2.24, 2.45) is 5.92 Å². The predicted octanol–water partition coefficient (Wildman–Crippen LogP) is 1.25. The molecule has 0 spiro atoms. The lowest BCUT2D eigenvalue weighted by Gasteiger charge is -2.26. The van der Waals surface area contributed by atoms with Crippen molar-refractivity contribution in [1.82, 2.24) is 4.90 Å². The molecule has 14 heavy (non-hydrogen) atoms. The van der Waals surface area contributed by atoms with Crippen molar-refractivity contribution in [3.05, 3.63) is 0 Å². The Hall–Kier alpha value is -0.280. The molecule has 2 fully saturated rings. The van der Waals surface area contributed by atoms with Gasteiger partial charge in [-0.1, -0.05) is 0 Å². The summed E-state index contributed by atoms with van der Waals surface area (Å²) in [6, 6.07) is 0. The third kappa shape index (κ3) is 2.39. The van der Waals surface area contributed by atoms with Crippen molar-refractivity contribution in [3.8, 4) is 0 Å². The van der Waals surface area contributed by atoms with E-state index in [0.717, 1.165) is 39.1 Å². The van der Waals surface area contributed by atoms with Crippen LogP contribution in [0.4, 0.5) is 0 Å². The van der Waals surface area contributed by atoms with E-state index in [4.69, 9.17) is 16.3 Å². The highest BCUT2D eigenvalue weighted by molar-refractivity contribution is 6.22. The summed E-state index contributed by atoms with van der Waals surface area (Å²) in [6.45, 7) is 3.30. The van der Waals surface area contributed by atoms with E-state index >= 15 is 0 Å². The van der Waals surface area contributed by atoms with Gasteiger partial charge in [0.2, 0.25) is 5.91 Å². The molecule has 3 nitrogen and oxygen atoms in total. The lowest BCUT2D eigenvalue weighted by atomic mass is 10.00. The molecule has 0 aromatic heterocycles. The predicted molar refractivity (Wildman–Crippen MR) is 54.4 cm³/mol. The van der Waals surface area contributed by atoms with Gasteiger partial charge >= 0.3 is 0 Å². The highest BCUT2D eigenvalue weighted by atomic mass is 35.5. The fourth-order valence-corrected chi connectivity index (χ4v) is 2.44. The van der Waals surface area contributed by atoms with Crippen molar-refractivity contribution in [2.45, 2.75) is 24.6 Å². The van der Waals surface area contributed by atoms with E-state index in [1.807, 2.05) is 4.90 Å². The van der Waals surface area contributed by atoms with Crippen LogP contribution in [0.15, 0.2) is 0 Å². The molecule has 1 amide bonds. The van der Waals surface area contributed by atoms with Gasteiger partial charge in [0, 0.05) is 32.7 Å². The fourth-order valence-electron chi connectivity index (χ4n) is 2.14.